The van der Waals surface area contributed by atoms with Crippen LogP contribution in [0.1, 0.15) is 60.0 Å². The van der Waals surface area contributed by atoms with Crippen molar-refractivity contribution in [2.24, 2.45) is 23.5 Å². The van der Waals surface area contributed by atoms with Crippen LogP contribution in [0.15, 0.2) is 48.5 Å². The minimum atomic E-state index is -0.624. The van der Waals surface area contributed by atoms with E-state index >= 15 is 0 Å². The Balaban J connectivity index is 1.28. The van der Waals surface area contributed by atoms with E-state index in [1.807, 2.05) is 4.90 Å². The molecule has 0 radical (unpaired) electrons. The second-order valence-electron chi connectivity index (χ2n) is 10.7. The van der Waals surface area contributed by atoms with Crippen molar-refractivity contribution < 1.29 is 23.5 Å². The lowest BCUT2D eigenvalue weighted by Gasteiger charge is -2.60. The topological polar surface area (TPSA) is 102 Å². The molecule has 0 atom stereocenters. The summed E-state index contributed by atoms with van der Waals surface area (Å²) >= 11 is 0. The van der Waals surface area contributed by atoms with E-state index in [1.54, 1.807) is 36.4 Å². The smallest absolute Gasteiger partial charge is 0.338 e. The molecule has 0 saturated heterocycles. The van der Waals surface area contributed by atoms with Gasteiger partial charge in [0.15, 0.2) is 6.61 Å². The molecule has 0 spiro atoms. The highest BCUT2D eigenvalue weighted by atomic mass is 19.1. The maximum absolute atomic E-state index is 13.6. The number of amides is 3. The summed E-state index contributed by atoms with van der Waals surface area (Å²) in [7, 11) is 0. The van der Waals surface area contributed by atoms with Gasteiger partial charge in [0.1, 0.15) is 5.82 Å². The quantitative estimate of drug-likeness (QED) is 0.540. The molecule has 0 unspecified atom stereocenters. The Morgan fingerprint density at radius 3 is 2.03 bits per heavy atom. The van der Waals surface area contributed by atoms with E-state index in [0.717, 1.165) is 30.4 Å². The summed E-state index contributed by atoms with van der Waals surface area (Å²) in [6.07, 6.45) is 6.70. The first-order valence-electron chi connectivity index (χ1n) is 12.6. The van der Waals surface area contributed by atoms with Crippen molar-refractivity contribution in [3.05, 3.63) is 71.0 Å². The van der Waals surface area contributed by atoms with Crippen LogP contribution in [-0.4, -0.2) is 35.0 Å². The molecule has 4 aliphatic carbocycles. The number of esters is 1. The average molecular weight is 494 g/mol. The zero-order valence-corrected chi connectivity index (χ0v) is 20.3. The van der Waals surface area contributed by atoms with E-state index < -0.39 is 12.0 Å². The van der Waals surface area contributed by atoms with E-state index in [1.165, 1.54) is 31.4 Å². The Kier molecular flexibility index (Phi) is 6.69. The number of rotatable bonds is 8. The molecule has 3 amide bonds. The highest BCUT2D eigenvalue weighted by molar-refractivity contribution is 5.91. The molecule has 2 aromatic carbocycles. The summed E-state index contributed by atoms with van der Waals surface area (Å²) in [6.45, 7) is 0.295. The van der Waals surface area contributed by atoms with Gasteiger partial charge in [-0.3, -0.25) is 4.79 Å². The summed E-state index contributed by atoms with van der Waals surface area (Å²) in [4.78, 5) is 39.1. The van der Waals surface area contributed by atoms with Gasteiger partial charge in [-0.25, -0.2) is 14.0 Å². The first-order chi connectivity index (χ1) is 17.3. The molecule has 6 rings (SSSR count). The number of nitrogens with zero attached hydrogens (tertiary/aromatic N) is 1. The number of halogens is 1. The Labute approximate surface area is 210 Å². The number of urea groups is 1. The number of carbonyl (C=O) groups excluding carboxylic acids is 3. The van der Waals surface area contributed by atoms with Crippen molar-refractivity contribution in [3.63, 3.8) is 0 Å². The molecule has 4 bridgehead atoms. The maximum atomic E-state index is 13.6. The predicted molar refractivity (Wildman–Crippen MR) is 131 cm³/mol. The van der Waals surface area contributed by atoms with Gasteiger partial charge in [0.25, 0.3) is 5.91 Å². The molecule has 4 aliphatic rings. The molecule has 7 nitrogen and oxygen atoms in total. The zero-order chi connectivity index (χ0) is 25.3. The third kappa shape index (κ3) is 5.22. The molecule has 0 aromatic heterocycles. The van der Waals surface area contributed by atoms with E-state index in [2.05, 4.69) is 5.32 Å². The Morgan fingerprint density at radius 2 is 1.47 bits per heavy atom. The Hall–Kier alpha value is -3.42. The molecular weight excluding hydrogens is 461 g/mol. The van der Waals surface area contributed by atoms with Gasteiger partial charge >= 0.3 is 12.0 Å². The third-order valence-electron chi connectivity index (χ3n) is 8.12. The zero-order valence-electron chi connectivity index (χ0n) is 20.3. The molecule has 8 heteroatoms. The Bertz CT molecular complexity index is 1100. The van der Waals surface area contributed by atoms with E-state index in [9.17, 15) is 18.8 Å². The second-order valence-corrected chi connectivity index (χ2v) is 10.7. The van der Waals surface area contributed by atoms with Crippen molar-refractivity contribution in [1.29, 1.82) is 0 Å². The van der Waals surface area contributed by atoms with E-state index in [4.69, 9.17) is 10.5 Å². The molecule has 2 aromatic rings. The fourth-order valence-corrected chi connectivity index (χ4v) is 6.92. The van der Waals surface area contributed by atoms with Crippen LogP contribution in [0, 0.1) is 23.6 Å². The molecule has 0 heterocycles. The third-order valence-corrected chi connectivity index (χ3v) is 8.12. The van der Waals surface area contributed by atoms with Gasteiger partial charge in [-0.05, 0) is 91.7 Å². The molecule has 190 valence electrons. The van der Waals surface area contributed by atoms with Crippen molar-refractivity contribution in [2.75, 3.05) is 6.61 Å². The minimum absolute atomic E-state index is 0.211. The largest absolute Gasteiger partial charge is 0.452 e. The summed E-state index contributed by atoms with van der Waals surface area (Å²) in [5, 5.41) is 2.49. The van der Waals surface area contributed by atoms with Crippen molar-refractivity contribution in [1.82, 2.24) is 10.2 Å². The fraction of sp³-hybridized carbons (Fsp3) is 0.464. The highest BCUT2D eigenvalue weighted by Gasteiger charge is 2.54. The molecule has 4 fully saturated rings. The normalized spacial score (nSPS) is 25.9. The SMILES string of the molecule is NC(=O)NCc1ccc(C(=O)OCC(=O)N(Cc2ccc(F)cc2)C23CC4CC(CC(C4)C2)C3)cc1. The first kappa shape index (κ1) is 24.3. The predicted octanol–water partition coefficient (Wildman–Crippen LogP) is 4.15. The number of nitrogens with one attached hydrogen (secondary N) is 1. The van der Waals surface area contributed by atoms with Crippen LogP contribution in [-0.2, 0) is 22.6 Å². The van der Waals surface area contributed by atoms with Crippen LogP contribution < -0.4 is 11.1 Å². The summed E-state index contributed by atoms with van der Waals surface area (Å²) in [5.74, 6) is 0.832. The van der Waals surface area contributed by atoms with Crippen molar-refractivity contribution in [2.45, 2.75) is 57.2 Å². The lowest BCUT2D eigenvalue weighted by Crippen LogP contribution is -2.61. The highest BCUT2D eigenvalue weighted by Crippen LogP contribution is 2.58. The van der Waals surface area contributed by atoms with Crippen LogP contribution in [0.2, 0.25) is 0 Å². The lowest BCUT2D eigenvalue weighted by atomic mass is 9.52. The van der Waals surface area contributed by atoms with Gasteiger partial charge < -0.3 is 20.7 Å². The standard InChI is InChI=1S/C28H32FN3O4/c29-24-7-3-19(4-8-24)16-32(28-12-20-9-21(13-28)11-22(10-20)14-28)25(33)17-36-26(34)23-5-1-18(2-6-23)15-31-27(30)35/h1-8,20-22H,9-17H2,(H3,30,31,35). The number of hydrogen-bond donors (Lipinski definition) is 2. The maximum Gasteiger partial charge on any atom is 0.338 e. The molecule has 3 N–H and O–H groups in total. The van der Waals surface area contributed by atoms with Gasteiger partial charge in [0.05, 0.1) is 5.56 Å². The number of nitrogens with two attached hydrogens (primary N) is 1. The number of benzene rings is 2. The minimum Gasteiger partial charge on any atom is -0.452 e. The van der Waals surface area contributed by atoms with Crippen LogP contribution in [0.3, 0.4) is 0 Å². The molecule has 36 heavy (non-hydrogen) atoms. The molecule has 4 saturated carbocycles. The van der Waals surface area contributed by atoms with Crippen LogP contribution in [0.5, 0.6) is 0 Å². The van der Waals surface area contributed by atoms with Crippen molar-refractivity contribution in [3.8, 4) is 0 Å². The summed E-state index contributed by atoms with van der Waals surface area (Å²) in [5.41, 5.74) is 6.84. The fourth-order valence-electron chi connectivity index (χ4n) is 6.92. The van der Waals surface area contributed by atoms with Crippen molar-refractivity contribution >= 4 is 17.9 Å². The number of primary amides is 1. The van der Waals surface area contributed by atoms with Crippen LogP contribution in [0.4, 0.5) is 9.18 Å². The Morgan fingerprint density at radius 1 is 0.917 bits per heavy atom. The van der Waals surface area contributed by atoms with E-state index in [-0.39, 0.29) is 30.4 Å². The van der Waals surface area contributed by atoms with Crippen LogP contribution in [0.25, 0.3) is 0 Å². The van der Waals surface area contributed by atoms with Gasteiger partial charge in [-0.15, -0.1) is 0 Å². The number of hydrogen-bond acceptors (Lipinski definition) is 4. The second kappa shape index (κ2) is 9.91. The lowest BCUT2D eigenvalue weighted by molar-refractivity contribution is -0.155. The monoisotopic (exact) mass is 493 g/mol. The van der Waals surface area contributed by atoms with E-state index in [0.29, 0.717) is 29.9 Å². The summed E-state index contributed by atoms with van der Waals surface area (Å²) < 4.78 is 19.0. The average Bonchev–Trinajstić information content (AvgIpc) is 2.85. The molecular formula is C28H32FN3O4. The summed E-state index contributed by atoms with van der Waals surface area (Å²) in [6, 6.07) is 12.2. The van der Waals surface area contributed by atoms with Gasteiger partial charge in [0.2, 0.25) is 0 Å². The number of ether oxygens (including phenoxy) is 1. The number of carbonyl (C=O) groups is 3. The van der Waals surface area contributed by atoms with Gasteiger partial charge in [-0.2, -0.15) is 0 Å². The first-order valence-corrected chi connectivity index (χ1v) is 12.6. The molecule has 0 aliphatic heterocycles. The van der Waals surface area contributed by atoms with Crippen LogP contribution >= 0.6 is 0 Å². The van der Waals surface area contributed by atoms with Gasteiger partial charge in [-0.1, -0.05) is 24.3 Å². The van der Waals surface area contributed by atoms with Gasteiger partial charge in [0, 0.05) is 18.6 Å².